The molecule has 0 aliphatic carbocycles. The van der Waals surface area contributed by atoms with Crippen LogP contribution in [0.15, 0.2) is 29.2 Å². The first kappa shape index (κ1) is 22.2. The Kier molecular flexibility index (Phi) is 6.41. The number of nitrogens with zero attached hydrogens (tertiary/aromatic N) is 5. The van der Waals surface area contributed by atoms with Crippen molar-refractivity contribution in [1.82, 2.24) is 30.4 Å². The summed E-state index contributed by atoms with van der Waals surface area (Å²) in [4.78, 5) is 14.4. The number of alkyl carbamates (subject to hydrolysis) is 1. The molecule has 164 valence electrons. The van der Waals surface area contributed by atoms with Crippen molar-refractivity contribution in [3.63, 3.8) is 0 Å². The van der Waals surface area contributed by atoms with Crippen LogP contribution in [0, 0.1) is 0 Å². The van der Waals surface area contributed by atoms with Crippen LogP contribution >= 0.6 is 0 Å². The van der Waals surface area contributed by atoms with Crippen LogP contribution in [0.2, 0.25) is 0 Å². The summed E-state index contributed by atoms with van der Waals surface area (Å²) < 4.78 is 30.2. The molecule has 0 spiro atoms. The van der Waals surface area contributed by atoms with Gasteiger partial charge >= 0.3 is 6.09 Å². The number of likely N-dealkylation sites (tertiary alicyclic amines) is 1. The number of benzene rings is 1. The zero-order valence-electron chi connectivity index (χ0n) is 17.7. The Hall–Kier alpha value is -2.53. The number of piperidine rings is 1. The van der Waals surface area contributed by atoms with E-state index in [9.17, 15) is 13.2 Å². The highest BCUT2D eigenvalue weighted by Gasteiger charge is 2.24. The molecule has 1 saturated heterocycles. The van der Waals surface area contributed by atoms with E-state index >= 15 is 0 Å². The lowest BCUT2D eigenvalue weighted by molar-refractivity contribution is 0.0476. The monoisotopic (exact) mass is 436 g/mol. The first-order chi connectivity index (χ1) is 14.0. The maximum atomic E-state index is 11.9. The molecule has 0 atom stereocenters. The zero-order chi connectivity index (χ0) is 21.9. The fourth-order valence-electron chi connectivity index (χ4n) is 3.25. The second kappa shape index (κ2) is 8.68. The summed E-state index contributed by atoms with van der Waals surface area (Å²) in [6, 6.07) is 6.55. The van der Waals surface area contributed by atoms with Crippen LogP contribution in [0.5, 0.6) is 0 Å². The minimum absolute atomic E-state index is 0.0793. The van der Waals surface area contributed by atoms with Crippen LogP contribution in [0.1, 0.15) is 39.4 Å². The van der Waals surface area contributed by atoms with E-state index in [0.717, 1.165) is 25.9 Å². The largest absolute Gasteiger partial charge is 0.444 e. The fourth-order valence-corrected chi connectivity index (χ4v) is 3.88. The number of tetrazole rings is 1. The van der Waals surface area contributed by atoms with Crippen LogP contribution in [0.3, 0.4) is 0 Å². The quantitative estimate of drug-likeness (QED) is 0.750. The Morgan fingerprint density at radius 2 is 1.83 bits per heavy atom. The van der Waals surface area contributed by atoms with Crippen molar-refractivity contribution in [3.8, 4) is 5.69 Å². The minimum atomic E-state index is -3.25. The standard InChI is InChI=1S/C19H28N6O4S/c1-19(2,3)29-18(26)20-14-9-11-24(12-10-14)13-17-21-22-23-25(17)15-5-7-16(8-6-15)30(4,27)28/h5-8,14H,9-13H2,1-4H3,(H,20,26). The maximum absolute atomic E-state index is 11.9. The molecule has 1 fully saturated rings. The molecule has 30 heavy (non-hydrogen) atoms. The molecule has 1 N–H and O–H groups in total. The first-order valence-electron chi connectivity index (χ1n) is 9.81. The summed E-state index contributed by atoms with van der Waals surface area (Å²) in [5.41, 5.74) is 0.186. The fraction of sp³-hybridized carbons (Fsp3) is 0.579. The van der Waals surface area contributed by atoms with Gasteiger partial charge in [0.15, 0.2) is 15.7 Å². The summed E-state index contributed by atoms with van der Waals surface area (Å²) in [6.07, 6.45) is 2.40. The van der Waals surface area contributed by atoms with Crippen molar-refractivity contribution in [1.29, 1.82) is 0 Å². The number of carbonyl (C=O) groups is 1. The van der Waals surface area contributed by atoms with Crippen molar-refractivity contribution in [2.75, 3.05) is 19.3 Å². The molecule has 1 aliphatic rings. The van der Waals surface area contributed by atoms with E-state index in [1.165, 1.54) is 6.26 Å². The summed E-state index contributed by atoms with van der Waals surface area (Å²) in [5.74, 6) is 0.667. The van der Waals surface area contributed by atoms with E-state index in [1.807, 2.05) is 20.8 Å². The molecule has 1 aromatic carbocycles. The number of hydrogen-bond acceptors (Lipinski definition) is 8. The summed E-state index contributed by atoms with van der Waals surface area (Å²) >= 11 is 0. The van der Waals surface area contributed by atoms with Gasteiger partial charge in [-0.2, -0.15) is 4.68 Å². The molecular formula is C19H28N6O4S. The molecule has 11 heteroatoms. The van der Waals surface area contributed by atoms with Gasteiger partial charge in [0.05, 0.1) is 17.1 Å². The van der Waals surface area contributed by atoms with Crippen molar-refractivity contribution in [3.05, 3.63) is 30.1 Å². The molecule has 0 bridgehead atoms. The highest BCUT2D eigenvalue weighted by molar-refractivity contribution is 7.90. The van der Waals surface area contributed by atoms with Gasteiger partial charge in [0.25, 0.3) is 0 Å². The average Bonchev–Trinajstić information content (AvgIpc) is 3.09. The number of sulfone groups is 1. The van der Waals surface area contributed by atoms with E-state index < -0.39 is 15.4 Å². The lowest BCUT2D eigenvalue weighted by Gasteiger charge is -2.32. The highest BCUT2D eigenvalue weighted by Crippen LogP contribution is 2.17. The molecule has 2 aromatic rings. The average molecular weight is 437 g/mol. The molecule has 3 rings (SSSR count). The van der Waals surface area contributed by atoms with Crippen LogP contribution in [0.25, 0.3) is 5.69 Å². The molecule has 1 amide bonds. The zero-order valence-corrected chi connectivity index (χ0v) is 18.5. The summed E-state index contributed by atoms with van der Waals surface area (Å²) in [5, 5.41) is 14.9. The van der Waals surface area contributed by atoms with Gasteiger partial charge in [-0.25, -0.2) is 13.2 Å². The van der Waals surface area contributed by atoms with Crippen molar-refractivity contribution in [2.45, 2.75) is 56.7 Å². The van der Waals surface area contributed by atoms with Crippen LogP contribution in [-0.2, 0) is 21.1 Å². The van der Waals surface area contributed by atoms with E-state index in [0.29, 0.717) is 18.1 Å². The van der Waals surface area contributed by atoms with Gasteiger partial charge in [0.2, 0.25) is 0 Å². The second-order valence-electron chi connectivity index (χ2n) is 8.47. The minimum Gasteiger partial charge on any atom is -0.444 e. The Morgan fingerprint density at radius 1 is 1.20 bits per heavy atom. The molecule has 0 radical (unpaired) electrons. The topological polar surface area (TPSA) is 119 Å². The second-order valence-corrected chi connectivity index (χ2v) is 10.5. The van der Waals surface area contributed by atoms with E-state index in [-0.39, 0.29) is 17.0 Å². The van der Waals surface area contributed by atoms with Crippen molar-refractivity contribution >= 4 is 15.9 Å². The molecule has 0 saturated carbocycles. The Bertz CT molecular complexity index is 973. The van der Waals surface area contributed by atoms with E-state index in [2.05, 4.69) is 25.7 Å². The lowest BCUT2D eigenvalue weighted by Crippen LogP contribution is -2.46. The Morgan fingerprint density at radius 3 is 2.40 bits per heavy atom. The normalized spacial score (nSPS) is 16.4. The van der Waals surface area contributed by atoms with Gasteiger partial charge in [0, 0.05) is 25.4 Å². The van der Waals surface area contributed by atoms with Crippen molar-refractivity contribution in [2.24, 2.45) is 0 Å². The predicted octanol–water partition coefficient (Wildman–Crippen LogP) is 1.55. The molecule has 0 unspecified atom stereocenters. The molecule has 1 aromatic heterocycles. The van der Waals surface area contributed by atoms with E-state index in [1.54, 1.807) is 28.9 Å². The number of ether oxygens (including phenoxy) is 1. The number of amides is 1. The maximum Gasteiger partial charge on any atom is 0.407 e. The van der Waals surface area contributed by atoms with Gasteiger partial charge < -0.3 is 10.1 Å². The Labute approximate surface area is 176 Å². The highest BCUT2D eigenvalue weighted by atomic mass is 32.2. The third-order valence-electron chi connectivity index (χ3n) is 4.72. The number of hydrogen-bond donors (Lipinski definition) is 1. The molecule has 2 heterocycles. The SMILES string of the molecule is CC(C)(C)OC(=O)NC1CCN(Cc2nnnn2-c2ccc(S(C)(=O)=O)cc2)CC1. The lowest BCUT2D eigenvalue weighted by atomic mass is 10.1. The van der Waals surface area contributed by atoms with Gasteiger partial charge in [-0.1, -0.05) is 0 Å². The summed E-state index contributed by atoms with van der Waals surface area (Å²) in [7, 11) is -3.25. The van der Waals surface area contributed by atoms with Gasteiger partial charge in [0.1, 0.15) is 5.60 Å². The molecule has 1 aliphatic heterocycles. The van der Waals surface area contributed by atoms with Gasteiger partial charge in [-0.15, -0.1) is 5.10 Å². The predicted molar refractivity (Wildman–Crippen MR) is 110 cm³/mol. The number of carbonyl (C=O) groups excluding carboxylic acids is 1. The van der Waals surface area contributed by atoms with Crippen LogP contribution in [-0.4, -0.2) is 70.6 Å². The molecular weight excluding hydrogens is 408 g/mol. The number of nitrogens with one attached hydrogen (secondary N) is 1. The molecule has 10 nitrogen and oxygen atoms in total. The van der Waals surface area contributed by atoms with Crippen LogP contribution < -0.4 is 5.32 Å². The third kappa shape index (κ3) is 5.99. The summed E-state index contributed by atoms with van der Waals surface area (Å²) in [6.45, 7) is 7.66. The smallest absolute Gasteiger partial charge is 0.407 e. The van der Waals surface area contributed by atoms with Crippen molar-refractivity contribution < 1.29 is 17.9 Å². The first-order valence-corrected chi connectivity index (χ1v) is 11.7. The van der Waals surface area contributed by atoms with Crippen LogP contribution in [0.4, 0.5) is 4.79 Å². The van der Waals surface area contributed by atoms with Gasteiger partial charge in [-0.3, -0.25) is 4.90 Å². The Balaban J connectivity index is 1.57. The van der Waals surface area contributed by atoms with E-state index in [4.69, 9.17) is 4.74 Å². The number of aromatic nitrogens is 4. The third-order valence-corrected chi connectivity index (χ3v) is 5.85. The number of rotatable bonds is 5. The van der Waals surface area contributed by atoms with Gasteiger partial charge in [-0.05, 0) is 68.3 Å².